The molecule has 0 N–H and O–H groups in total. The van der Waals surface area contributed by atoms with Crippen LogP contribution in [-0.4, -0.2) is 75.2 Å². The Hall–Kier alpha value is -2.97. The van der Waals surface area contributed by atoms with Crippen molar-refractivity contribution in [1.29, 1.82) is 0 Å². The maximum absolute atomic E-state index is 13.7. The summed E-state index contributed by atoms with van der Waals surface area (Å²) < 4.78 is 37.8. The van der Waals surface area contributed by atoms with Crippen molar-refractivity contribution in [2.75, 3.05) is 64.4 Å². The number of fused-ring (bicyclic) bond motifs is 1. The van der Waals surface area contributed by atoms with E-state index in [4.69, 9.17) is 9.47 Å². The predicted octanol–water partition coefficient (Wildman–Crippen LogP) is 3.42. The summed E-state index contributed by atoms with van der Waals surface area (Å²) in [4.78, 5) is 18.9. The van der Waals surface area contributed by atoms with E-state index in [1.165, 1.54) is 6.07 Å². The van der Waals surface area contributed by atoms with Gasteiger partial charge in [-0.1, -0.05) is 12.2 Å². The topological polar surface area (TPSA) is 45.2 Å². The van der Waals surface area contributed by atoms with E-state index < -0.39 is 11.6 Å². The van der Waals surface area contributed by atoms with E-state index in [1.54, 1.807) is 18.1 Å². The molecule has 0 bridgehead atoms. The molecule has 0 radical (unpaired) electrons. The maximum atomic E-state index is 13.7. The summed E-state index contributed by atoms with van der Waals surface area (Å²) in [6, 6.07) is 8.98. The van der Waals surface area contributed by atoms with Crippen LogP contribution in [0.5, 0.6) is 11.5 Å². The molecule has 176 valence electrons. The third-order valence-electron chi connectivity index (χ3n) is 6.05. The molecule has 0 aromatic heterocycles. The zero-order valence-corrected chi connectivity index (χ0v) is 18.8. The molecule has 0 spiro atoms. The van der Waals surface area contributed by atoms with Gasteiger partial charge in [-0.2, -0.15) is 0 Å². The summed E-state index contributed by atoms with van der Waals surface area (Å²) in [5, 5.41) is 0. The number of halogens is 2. The van der Waals surface area contributed by atoms with Crippen LogP contribution in [-0.2, 0) is 4.79 Å². The van der Waals surface area contributed by atoms with Crippen LogP contribution in [0.25, 0.3) is 6.08 Å². The Bertz CT molecular complexity index is 1010. The number of rotatable bonds is 8. The molecule has 0 atom stereocenters. The van der Waals surface area contributed by atoms with Crippen LogP contribution in [0.3, 0.4) is 0 Å². The van der Waals surface area contributed by atoms with E-state index >= 15 is 0 Å². The number of benzene rings is 2. The summed E-state index contributed by atoms with van der Waals surface area (Å²) in [5.74, 6) is 0.503. The number of anilines is 1. The van der Waals surface area contributed by atoms with Gasteiger partial charge in [-0.25, -0.2) is 8.78 Å². The molecule has 1 fully saturated rings. The number of hydrogen-bond donors (Lipinski definition) is 0. The molecule has 2 heterocycles. The lowest BCUT2D eigenvalue weighted by molar-refractivity contribution is -0.121. The lowest BCUT2D eigenvalue weighted by atomic mass is 10.2. The fraction of sp³-hybridized carbons (Fsp3) is 0.400. The van der Waals surface area contributed by atoms with E-state index in [9.17, 15) is 13.6 Å². The summed E-state index contributed by atoms with van der Waals surface area (Å²) >= 11 is 0. The quantitative estimate of drug-likeness (QED) is 0.608. The Kier molecular flexibility index (Phi) is 7.57. The zero-order chi connectivity index (χ0) is 23.2. The molecule has 2 aliphatic rings. The van der Waals surface area contributed by atoms with Crippen LogP contribution in [0.15, 0.2) is 42.5 Å². The van der Waals surface area contributed by atoms with Gasteiger partial charge in [0.15, 0.2) is 6.61 Å². The highest BCUT2D eigenvalue weighted by Gasteiger charge is 2.26. The van der Waals surface area contributed by atoms with Crippen LogP contribution in [0.4, 0.5) is 14.5 Å². The molecule has 8 heteroatoms. The highest BCUT2D eigenvalue weighted by Crippen LogP contribution is 2.35. The molecule has 2 aliphatic heterocycles. The van der Waals surface area contributed by atoms with Crippen molar-refractivity contribution in [2.45, 2.75) is 6.42 Å². The third-order valence-corrected chi connectivity index (χ3v) is 6.05. The monoisotopic (exact) mass is 457 g/mol. The minimum Gasteiger partial charge on any atom is -0.497 e. The Morgan fingerprint density at radius 1 is 1.03 bits per heavy atom. The predicted molar refractivity (Wildman–Crippen MR) is 124 cm³/mol. The zero-order valence-electron chi connectivity index (χ0n) is 18.8. The molecule has 4 rings (SSSR count). The largest absolute Gasteiger partial charge is 0.497 e. The smallest absolute Gasteiger partial charge is 0.265 e. The first kappa shape index (κ1) is 23.2. The van der Waals surface area contributed by atoms with E-state index in [0.29, 0.717) is 24.6 Å². The molecule has 0 unspecified atom stereocenters. The first-order chi connectivity index (χ1) is 16.0. The van der Waals surface area contributed by atoms with Crippen LogP contribution in [0.2, 0.25) is 0 Å². The molecule has 33 heavy (non-hydrogen) atoms. The van der Waals surface area contributed by atoms with Gasteiger partial charge in [0, 0.05) is 50.9 Å². The Morgan fingerprint density at radius 3 is 2.61 bits per heavy atom. The highest BCUT2D eigenvalue weighted by molar-refractivity contribution is 5.98. The third kappa shape index (κ3) is 5.89. The van der Waals surface area contributed by atoms with Gasteiger partial charge in [0.05, 0.1) is 12.8 Å². The Balaban J connectivity index is 1.22. The highest BCUT2D eigenvalue weighted by atomic mass is 19.1. The van der Waals surface area contributed by atoms with E-state index in [1.807, 2.05) is 24.3 Å². The molecule has 1 saturated heterocycles. The fourth-order valence-corrected chi connectivity index (χ4v) is 4.17. The molecule has 1 amide bonds. The second-order valence-corrected chi connectivity index (χ2v) is 8.23. The second-order valence-electron chi connectivity index (χ2n) is 8.23. The van der Waals surface area contributed by atoms with Gasteiger partial charge in [0.25, 0.3) is 5.91 Å². The van der Waals surface area contributed by atoms with Crippen molar-refractivity contribution >= 4 is 17.7 Å². The van der Waals surface area contributed by atoms with Crippen molar-refractivity contribution in [3.05, 3.63) is 59.7 Å². The molecule has 0 saturated carbocycles. The molecule has 2 aromatic carbocycles. The summed E-state index contributed by atoms with van der Waals surface area (Å²) in [6.45, 7) is 5.98. The van der Waals surface area contributed by atoms with E-state index in [2.05, 4.69) is 9.80 Å². The van der Waals surface area contributed by atoms with Crippen LogP contribution in [0.1, 0.15) is 12.0 Å². The van der Waals surface area contributed by atoms with Crippen LogP contribution < -0.4 is 14.4 Å². The van der Waals surface area contributed by atoms with Gasteiger partial charge in [0.1, 0.15) is 23.1 Å². The molecular formula is C25H29F2N3O3. The number of hydrogen-bond acceptors (Lipinski definition) is 5. The van der Waals surface area contributed by atoms with E-state index in [-0.39, 0.29) is 18.1 Å². The van der Waals surface area contributed by atoms with Gasteiger partial charge in [-0.15, -0.1) is 0 Å². The standard InChI is InChI=1S/C25H29F2N3O3/c1-32-21-6-8-24-23(17-21)30(25(31)18-33-24)11-3-10-29-14-12-28(13-15-29)9-2-4-19-16-20(26)5-7-22(19)27/h2,4-8,16-17H,3,9-15,18H2,1H3/b4-2+. The summed E-state index contributed by atoms with van der Waals surface area (Å²) in [5.41, 5.74) is 1.03. The molecule has 0 aliphatic carbocycles. The maximum Gasteiger partial charge on any atom is 0.265 e. The van der Waals surface area contributed by atoms with Gasteiger partial charge < -0.3 is 19.3 Å². The fourth-order valence-electron chi connectivity index (χ4n) is 4.17. The number of nitrogens with zero attached hydrogens (tertiary/aromatic N) is 3. The van der Waals surface area contributed by atoms with Crippen molar-refractivity contribution in [3.63, 3.8) is 0 Å². The first-order valence-electron chi connectivity index (χ1n) is 11.2. The lowest BCUT2D eigenvalue weighted by Gasteiger charge is -2.35. The second kappa shape index (κ2) is 10.8. The summed E-state index contributed by atoms with van der Waals surface area (Å²) in [7, 11) is 1.60. The SMILES string of the molecule is COc1ccc2c(c1)N(CCCN1CCN(C/C=C/c3cc(F)ccc3F)CC1)C(=O)CO2. The van der Waals surface area contributed by atoms with Crippen molar-refractivity contribution < 1.29 is 23.0 Å². The van der Waals surface area contributed by atoms with Gasteiger partial charge in [-0.05, 0) is 43.3 Å². The van der Waals surface area contributed by atoms with E-state index in [0.717, 1.165) is 57.0 Å². The van der Waals surface area contributed by atoms with Gasteiger partial charge in [-0.3, -0.25) is 9.69 Å². The van der Waals surface area contributed by atoms with Crippen molar-refractivity contribution in [2.24, 2.45) is 0 Å². The van der Waals surface area contributed by atoms with Crippen LogP contribution >= 0.6 is 0 Å². The average molecular weight is 458 g/mol. The first-order valence-corrected chi connectivity index (χ1v) is 11.2. The average Bonchev–Trinajstić information content (AvgIpc) is 2.83. The number of amides is 1. The Labute approximate surface area is 193 Å². The number of methoxy groups -OCH3 is 1. The Morgan fingerprint density at radius 2 is 1.82 bits per heavy atom. The number of carbonyl (C=O) groups excluding carboxylic acids is 1. The minimum absolute atomic E-state index is 0.0397. The van der Waals surface area contributed by atoms with Gasteiger partial charge in [0.2, 0.25) is 0 Å². The lowest BCUT2D eigenvalue weighted by Crippen LogP contribution is -2.47. The van der Waals surface area contributed by atoms with Crippen LogP contribution in [0, 0.1) is 11.6 Å². The minimum atomic E-state index is -0.439. The summed E-state index contributed by atoms with van der Waals surface area (Å²) in [6.07, 6.45) is 4.38. The molecule has 2 aromatic rings. The van der Waals surface area contributed by atoms with Crippen molar-refractivity contribution in [1.82, 2.24) is 9.80 Å². The van der Waals surface area contributed by atoms with Crippen molar-refractivity contribution in [3.8, 4) is 11.5 Å². The number of carbonyl (C=O) groups is 1. The molecular weight excluding hydrogens is 428 g/mol. The molecule has 6 nitrogen and oxygen atoms in total. The van der Waals surface area contributed by atoms with Gasteiger partial charge >= 0.3 is 0 Å². The number of piperazine rings is 1. The number of ether oxygens (including phenoxy) is 2. The normalized spacial score (nSPS) is 17.3.